The van der Waals surface area contributed by atoms with E-state index in [9.17, 15) is 5.11 Å². The highest BCUT2D eigenvalue weighted by atomic mass is 35.5. The average Bonchev–Trinajstić information content (AvgIpc) is 2.46. The first kappa shape index (κ1) is 14.8. The number of nitrogens with zero attached hydrogens (tertiary/aromatic N) is 2. The number of benzene rings is 1. The Bertz CT molecular complexity index is 552. The van der Waals surface area contributed by atoms with E-state index in [1.165, 1.54) is 5.56 Å². The van der Waals surface area contributed by atoms with E-state index >= 15 is 0 Å². The van der Waals surface area contributed by atoms with Crippen LogP contribution in [-0.2, 0) is 0 Å². The Balaban J connectivity index is 2.17. The van der Waals surface area contributed by atoms with Gasteiger partial charge in [0.25, 0.3) is 0 Å². The van der Waals surface area contributed by atoms with E-state index in [-0.39, 0.29) is 6.04 Å². The van der Waals surface area contributed by atoms with Crippen molar-refractivity contribution in [2.75, 3.05) is 11.9 Å². The van der Waals surface area contributed by atoms with Crippen LogP contribution >= 0.6 is 11.6 Å². The van der Waals surface area contributed by atoms with E-state index in [2.05, 4.69) is 16.8 Å². The molecule has 0 saturated heterocycles. The van der Waals surface area contributed by atoms with Gasteiger partial charge in [0.1, 0.15) is 0 Å². The molecule has 2 atom stereocenters. The number of hydrogen-bond acceptors (Lipinski definition) is 3. The zero-order chi connectivity index (χ0) is 14.7. The summed E-state index contributed by atoms with van der Waals surface area (Å²) in [6.07, 6.45) is 1.25. The van der Waals surface area contributed by atoms with Crippen LogP contribution in [0.4, 0.5) is 5.69 Å². The van der Waals surface area contributed by atoms with E-state index in [0.717, 1.165) is 10.7 Å². The molecule has 1 N–H and O–H groups in total. The predicted octanol–water partition coefficient (Wildman–Crippen LogP) is 3.99. The minimum atomic E-state index is -0.539. The standard InChI is InChI=1S/C16H19ClN2O/c1-11(13-4-6-14(17)7-5-13)19(3)15-8-9-16(12(2)20)18-10-15/h4-12,20H,1-3H3. The minimum absolute atomic E-state index is 0.214. The average molecular weight is 291 g/mol. The number of anilines is 1. The maximum atomic E-state index is 9.48. The van der Waals surface area contributed by atoms with Crippen LogP contribution in [0.1, 0.15) is 37.3 Å². The molecule has 0 aliphatic carbocycles. The van der Waals surface area contributed by atoms with Crippen molar-refractivity contribution >= 4 is 17.3 Å². The molecular weight excluding hydrogens is 272 g/mol. The summed E-state index contributed by atoms with van der Waals surface area (Å²) in [5.74, 6) is 0. The van der Waals surface area contributed by atoms with Crippen molar-refractivity contribution in [2.24, 2.45) is 0 Å². The molecule has 2 unspecified atom stereocenters. The molecule has 0 fully saturated rings. The Morgan fingerprint density at radius 1 is 1.10 bits per heavy atom. The van der Waals surface area contributed by atoms with Crippen molar-refractivity contribution in [1.29, 1.82) is 0 Å². The second-order valence-electron chi connectivity index (χ2n) is 4.96. The zero-order valence-corrected chi connectivity index (χ0v) is 12.7. The number of aromatic nitrogens is 1. The summed E-state index contributed by atoms with van der Waals surface area (Å²) in [7, 11) is 2.03. The van der Waals surface area contributed by atoms with E-state index in [1.807, 2.05) is 43.4 Å². The van der Waals surface area contributed by atoms with Crippen LogP contribution in [0.3, 0.4) is 0 Å². The maximum Gasteiger partial charge on any atom is 0.0931 e. The fourth-order valence-corrected chi connectivity index (χ4v) is 2.17. The molecule has 0 bridgehead atoms. The van der Waals surface area contributed by atoms with Crippen LogP contribution in [0, 0.1) is 0 Å². The SMILES string of the molecule is CC(O)c1ccc(N(C)C(C)c2ccc(Cl)cc2)cn1. The molecule has 20 heavy (non-hydrogen) atoms. The summed E-state index contributed by atoms with van der Waals surface area (Å²) in [5.41, 5.74) is 2.88. The van der Waals surface area contributed by atoms with Crippen molar-refractivity contribution in [3.63, 3.8) is 0 Å². The quantitative estimate of drug-likeness (QED) is 0.925. The van der Waals surface area contributed by atoms with Gasteiger partial charge in [-0.15, -0.1) is 0 Å². The van der Waals surface area contributed by atoms with Gasteiger partial charge in [0.15, 0.2) is 0 Å². The highest BCUT2D eigenvalue weighted by Gasteiger charge is 2.13. The fraction of sp³-hybridized carbons (Fsp3) is 0.312. The first-order valence-corrected chi connectivity index (χ1v) is 6.99. The van der Waals surface area contributed by atoms with Crippen LogP contribution in [0.2, 0.25) is 5.02 Å². The minimum Gasteiger partial charge on any atom is -0.387 e. The normalized spacial score (nSPS) is 13.8. The molecule has 0 radical (unpaired) electrons. The van der Waals surface area contributed by atoms with Gasteiger partial charge in [-0.2, -0.15) is 0 Å². The van der Waals surface area contributed by atoms with E-state index in [4.69, 9.17) is 11.6 Å². The lowest BCUT2D eigenvalue weighted by molar-refractivity contribution is 0.194. The second-order valence-corrected chi connectivity index (χ2v) is 5.39. The van der Waals surface area contributed by atoms with Crippen LogP contribution in [0.15, 0.2) is 42.6 Å². The zero-order valence-electron chi connectivity index (χ0n) is 11.9. The summed E-state index contributed by atoms with van der Waals surface area (Å²) in [5, 5.41) is 10.2. The third-order valence-corrected chi connectivity index (χ3v) is 3.79. The Hall–Kier alpha value is -1.58. The van der Waals surface area contributed by atoms with Crippen LogP contribution in [0.5, 0.6) is 0 Å². The topological polar surface area (TPSA) is 36.4 Å². The Morgan fingerprint density at radius 2 is 1.75 bits per heavy atom. The molecule has 1 aromatic heterocycles. The largest absolute Gasteiger partial charge is 0.387 e. The van der Waals surface area contributed by atoms with Crippen molar-refractivity contribution in [2.45, 2.75) is 26.0 Å². The molecule has 4 heteroatoms. The third-order valence-electron chi connectivity index (χ3n) is 3.54. The molecule has 106 valence electrons. The summed E-state index contributed by atoms with van der Waals surface area (Å²) >= 11 is 5.91. The number of hydrogen-bond donors (Lipinski definition) is 1. The first-order valence-electron chi connectivity index (χ1n) is 6.61. The van der Waals surface area contributed by atoms with Gasteiger partial charge in [0.05, 0.1) is 29.7 Å². The smallest absolute Gasteiger partial charge is 0.0931 e. The van der Waals surface area contributed by atoms with Gasteiger partial charge in [-0.1, -0.05) is 23.7 Å². The highest BCUT2D eigenvalue weighted by molar-refractivity contribution is 6.30. The van der Waals surface area contributed by atoms with Gasteiger partial charge in [-0.05, 0) is 43.7 Å². The molecule has 1 aromatic carbocycles. The lowest BCUT2D eigenvalue weighted by Crippen LogP contribution is -2.21. The number of pyridine rings is 1. The first-order chi connectivity index (χ1) is 9.49. The van der Waals surface area contributed by atoms with Crippen molar-refractivity contribution in [3.05, 3.63) is 58.9 Å². The molecule has 3 nitrogen and oxygen atoms in total. The molecule has 0 aliphatic rings. The Kier molecular flexibility index (Phi) is 4.63. The van der Waals surface area contributed by atoms with E-state index in [0.29, 0.717) is 5.69 Å². The van der Waals surface area contributed by atoms with Crippen LogP contribution in [-0.4, -0.2) is 17.1 Å². The molecule has 2 rings (SSSR count). The molecule has 1 heterocycles. The van der Waals surface area contributed by atoms with Crippen LogP contribution < -0.4 is 4.90 Å². The lowest BCUT2D eigenvalue weighted by atomic mass is 10.1. The highest BCUT2D eigenvalue weighted by Crippen LogP contribution is 2.26. The van der Waals surface area contributed by atoms with Crippen molar-refractivity contribution in [3.8, 4) is 0 Å². The van der Waals surface area contributed by atoms with Crippen LogP contribution in [0.25, 0.3) is 0 Å². The molecule has 0 aliphatic heterocycles. The number of aliphatic hydroxyl groups is 1. The van der Waals surface area contributed by atoms with Crippen molar-refractivity contribution < 1.29 is 5.11 Å². The molecule has 0 spiro atoms. The molecule has 0 saturated carbocycles. The molecule has 0 amide bonds. The Labute approximate surface area is 124 Å². The van der Waals surface area contributed by atoms with E-state index < -0.39 is 6.10 Å². The fourth-order valence-electron chi connectivity index (χ4n) is 2.04. The number of rotatable bonds is 4. The molecular formula is C16H19ClN2O. The van der Waals surface area contributed by atoms with Gasteiger partial charge in [0.2, 0.25) is 0 Å². The summed E-state index contributed by atoms with van der Waals surface area (Å²) in [4.78, 5) is 6.42. The monoisotopic (exact) mass is 290 g/mol. The second kappa shape index (κ2) is 6.25. The van der Waals surface area contributed by atoms with Gasteiger partial charge in [-0.25, -0.2) is 0 Å². The van der Waals surface area contributed by atoms with Gasteiger partial charge in [-0.3, -0.25) is 4.98 Å². The lowest BCUT2D eigenvalue weighted by Gasteiger charge is -2.27. The predicted molar refractivity (Wildman–Crippen MR) is 83.1 cm³/mol. The summed E-state index contributed by atoms with van der Waals surface area (Å²) in [6.45, 7) is 3.84. The molecule has 2 aromatic rings. The van der Waals surface area contributed by atoms with Gasteiger partial charge >= 0.3 is 0 Å². The van der Waals surface area contributed by atoms with Gasteiger partial charge in [0, 0.05) is 12.1 Å². The summed E-state index contributed by atoms with van der Waals surface area (Å²) < 4.78 is 0. The third kappa shape index (κ3) is 3.30. The Morgan fingerprint density at radius 3 is 2.25 bits per heavy atom. The summed E-state index contributed by atoms with van der Waals surface area (Å²) in [6, 6.07) is 11.9. The van der Waals surface area contributed by atoms with Gasteiger partial charge < -0.3 is 10.0 Å². The maximum absolute atomic E-state index is 9.48. The van der Waals surface area contributed by atoms with E-state index in [1.54, 1.807) is 13.1 Å². The van der Waals surface area contributed by atoms with Crippen molar-refractivity contribution in [1.82, 2.24) is 4.98 Å². The number of aliphatic hydroxyl groups excluding tert-OH is 1. The number of halogens is 1.